The highest BCUT2D eigenvalue weighted by atomic mass is 16.1. The molecule has 1 aliphatic rings. The minimum Gasteiger partial charge on any atom is -0.299 e. The fourth-order valence-electron chi connectivity index (χ4n) is 1.97. The molecule has 0 aliphatic heterocycles. The normalized spacial score (nSPS) is 16.7. The summed E-state index contributed by atoms with van der Waals surface area (Å²) < 4.78 is 1.59. The molecule has 2 aromatic rings. The van der Waals surface area contributed by atoms with Gasteiger partial charge in [-0.05, 0) is 12.8 Å². The van der Waals surface area contributed by atoms with Crippen molar-refractivity contribution in [1.29, 1.82) is 0 Å². The summed E-state index contributed by atoms with van der Waals surface area (Å²) in [6.07, 6.45) is 8.13. The van der Waals surface area contributed by atoms with Crippen molar-refractivity contribution in [1.82, 2.24) is 14.6 Å². The van der Waals surface area contributed by atoms with E-state index in [1.54, 1.807) is 23.1 Å². The van der Waals surface area contributed by atoms with Gasteiger partial charge in [-0.3, -0.25) is 14.6 Å². The molecule has 0 spiro atoms. The van der Waals surface area contributed by atoms with Crippen molar-refractivity contribution in [3.8, 4) is 0 Å². The zero-order chi connectivity index (χ0) is 12.8. The van der Waals surface area contributed by atoms with Crippen molar-refractivity contribution in [2.45, 2.75) is 26.2 Å². The molecule has 0 atom stereocenters. The zero-order valence-electron chi connectivity index (χ0n) is 10.1. The first-order valence-corrected chi connectivity index (χ1v) is 5.94. The molecule has 0 saturated heterocycles. The molecule has 0 bridgehead atoms. The Morgan fingerprint density at radius 1 is 1.39 bits per heavy atom. The van der Waals surface area contributed by atoms with Crippen LogP contribution in [0.2, 0.25) is 0 Å². The van der Waals surface area contributed by atoms with Crippen LogP contribution in [0.4, 0.5) is 0 Å². The van der Waals surface area contributed by atoms with E-state index in [0.29, 0.717) is 11.1 Å². The lowest BCUT2D eigenvalue weighted by Crippen LogP contribution is -2.16. The molecule has 0 unspecified atom stereocenters. The van der Waals surface area contributed by atoms with Crippen LogP contribution < -0.4 is 0 Å². The molecule has 18 heavy (non-hydrogen) atoms. The third-order valence-corrected chi connectivity index (χ3v) is 3.62. The van der Waals surface area contributed by atoms with Crippen molar-refractivity contribution in [2.24, 2.45) is 5.41 Å². The molecule has 2 heterocycles. The van der Waals surface area contributed by atoms with Crippen molar-refractivity contribution >= 4 is 17.1 Å². The van der Waals surface area contributed by atoms with Gasteiger partial charge in [-0.2, -0.15) is 5.10 Å². The number of fused-ring (bicyclic) bond motifs is 1. The highest BCUT2D eigenvalue weighted by Gasteiger charge is 2.44. The molecule has 3 rings (SSSR count). The Morgan fingerprint density at radius 3 is 2.89 bits per heavy atom. The Bertz CT molecular complexity index is 640. The number of ketones is 2. The monoisotopic (exact) mass is 243 g/mol. The molecular weight excluding hydrogens is 230 g/mol. The molecular formula is C13H13N3O2. The van der Waals surface area contributed by atoms with Crippen LogP contribution in [0.25, 0.3) is 5.52 Å². The predicted molar refractivity (Wildman–Crippen MR) is 64.3 cm³/mol. The average molecular weight is 243 g/mol. The molecule has 0 radical (unpaired) electrons. The van der Waals surface area contributed by atoms with Gasteiger partial charge in [0.2, 0.25) is 0 Å². The van der Waals surface area contributed by atoms with E-state index in [9.17, 15) is 9.59 Å². The first kappa shape index (κ1) is 11.1. The third-order valence-electron chi connectivity index (χ3n) is 3.62. The quantitative estimate of drug-likeness (QED) is 0.605. The maximum Gasteiger partial charge on any atom is 0.174 e. The smallest absolute Gasteiger partial charge is 0.174 e. The SMILES string of the molecule is CC1(C(=O)CC(=O)c2cnn3ccncc23)CC1. The number of Topliss-reactive ketones (excluding diaryl/α,β-unsaturated/α-hetero) is 2. The molecule has 1 fully saturated rings. The van der Waals surface area contributed by atoms with Crippen LogP contribution in [0, 0.1) is 5.41 Å². The van der Waals surface area contributed by atoms with E-state index in [2.05, 4.69) is 10.1 Å². The summed E-state index contributed by atoms with van der Waals surface area (Å²) in [5.74, 6) is -0.133. The van der Waals surface area contributed by atoms with Crippen LogP contribution in [0.15, 0.2) is 24.8 Å². The lowest BCUT2D eigenvalue weighted by Gasteiger charge is -2.05. The second kappa shape index (κ2) is 3.73. The van der Waals surface area contributed by atoms with Crippen LogP contribution in [0.1, 0.15) is 36.5 Å². The summed E-state index contributed by atoms with van der Waals surface area (Å²) in [4.78, 5) is 28.0. The van der Waals surface area contributed by atoms with E-state index >= 15 is 0 Å². The van der Waals surface area contributed by atoms with Crippen LogP contribution in [0.3, 0.4) is 0 Å². The van der Waals surface area contributed by atoms with Gasteiger partial charge < -0.3 is 0 Å². The molecule has 1 saturated carbocycles. The van der Waals surface area contributed by atoms with Gasteiger partial charge in [-0.15, -0.1) is 0 Å². The van der Waals surface area contributed by atoms with Gasteiger partial charge in [0.15, 0.2) is 5.78 Å². The van der Waals surface area contributed by atoms with Crippen LogP contribution in [0.5, 0.6) is 0 Å². The summed E-state index contributed by atoms with van der Waals surface area (Å²) in [5.41, 5.74) is 0.869. The Balaban J connectivity index is 1.86. The highest BCUT2D eigenvalue weighted by molar-refractivity contribution is 6.12. The average Bonchev–Trinajstić information content (AvgIpc) is 2.97. The lowest BCUT2D eigenvalue weighted by atomic mass is 9.97. The van der Waals surface area contributed by atoms with Gasteiger partial charge >= 0.3 is 0 Å². The summed E-state index contributed by atoms with van der Waals surface area (Å²) in [5, 5.41) is 4.07. The minimum absolute atomic E-state index is 0.0350. The first-order valence-electron chi connectivity index (χ1n) is 5.94. The lowest BCUT2D eigenvalue weighted by molar-refractivity contribution is -0.122. The largest absolute Gasteiger partial charge is 0.299 e. The number of nitrogens with zero attached hydrogens (tertiary/aromatic N) is 3. The first-order chi connectivity index (χ1) is 8.60. The van der Waals surface area contributed by atoms with E-state index in [-0.39, 0.29) is 23.4 Å². The van der Waals surface area contributed by atoms with Gasteiger partial charge in [0.05, 0.1) is 29.9 Å². The molecule has 5 nitrogen and oxygen atoms in total. The summed E-state index contributed by atoms with van der Waals surface area (Å²) in [6.45, 7) is 1.92. The third kappa shape index (κ3) is 1.72. The molecule has 0 aromatic carbocycles. The summed E-state index contributed by atoms with van der Waals surface area (Å²) in [6, 6.07) is 0. The van der Waals surface area contributed by atoms with Crippen LogP contribution in [-0.2, 0) is 4.79 Å². The van der Waals surface area contributed by atoms with Crippen molar-refractivity contribution in [3.05, 3.63) is 30.4 Å². The predicted octanol–water partition coefficient (Wildman–Crippen LogP) is 1.67. The Hall–Kier alpha value is -2.04. The van der Waals surface area contributed by atoms with Crippen molar-refractivity contribution < 1.29 is 9.59 Å². The number of hydrogen-bond donors (Lipinski definition) is 0. The second-order valence-corrected chi connectivity index (χ2v) is 5.05. The highest BCUT2D eigenvalue weighted by Crippen LogP contribution is 2.46. The number of hydrogen-bond acceptors (Lipinski definition) is 4. The van der Waals surface area contributed by atoms with Crippen molar-refractivity contribution in [2.75, 3.05) is 0 Å². The maximum atomic E-state index is 12.1. The fourth-order valence-corrected chi connectivity index (χ4v) is 1.97. The van der Waals surface area contributed by atoms with Gasteiger partial charge in [0.25, 0.3) is 0 Å². The molecule has 92 valence electrons. The van der Waals surface area contributed by atoms with E-state index < -0.39 is 0 Å². The molecule has 2 aromatic heterocycles. The topological polar surface area (TPSA) is 64.3 Å². The minimum atomic E-state index is -0.253. The standard InChI is InChI=1S/C13H13N3O2/c1-13(2-3-13)12(18)6-11(17)9-7-15-16-5-4-14-8-10(9)16/h4-5,7-8H,2-3,6H2,1H3. The van der Waals surface area contributed by atoms with Gasteiger partial charge in [0, 0.05) is 17.8 Å². The second-order valence-electron chi connectivity index (χ2n) is 5.05. The van der Waals surface area contributed by atoms with Gasteiger partial charge in [-0.1, -0.05) is 6.92 Å². The van der Waals surface area contributed by atoms with Gasteiger partial charge in [-0.25, -0.2) is 4.52 Å². The summed E-state index contributed by atoms with van der Waals surface area (Å²) >= 11 is 0. The Kier molecular flexibility index (Phi) is 2.29. The number of aromatic nitrogens is 3. The number of carbonyl (C=O) groups excluding carboxylic acids is 2. The zero-order valence-corrected chi connectivity index (χ0v) is 10.1. The molecule has 1 aliphatic carbocycles. The maximum absolute atomic E-state index is 12.1. The number of rotatable bonds is 4. The van der Waals surface area contributed by atoms with E-state index in [4.69, 9.17) is 0 Å². The van der Waals surface area contributed by atoms with E-state index in [1.165, 1.54) is 6.20 Å². The molecule has 0 N–H and O–H groups in total. The summed E-state index contributed by atoms with van der Waals surface area (Å²) in [7, 11) is 0. The number of carbonyl (C=O) groups is 2. The van der Waals surface area contributed by atoms with Gasteiger partial charge in [0.1, 0.15) is 5.78 Å². The van der Waals surface area contributed by atoms with Crippen molar-refractivity contribution in [3.63, 3.8) is 0 Å². The molecule has 0 amide bonds. The Morgan fingerprint density at radius 2 is 2.17 bits per heavy atom. The van der Waals surface area contributed by atoms with E-state index in [0.717, 1.165) is 12.8 Å². The van der Waals surface area contributed by atoms with Crippen LogP contribution in [-0.4, -0.2) is 26.2 Å². The Labute approximate surface area is 104 Å². The van der Waals surface area contributed by atoms with E-state index in [1.807, 2.05) is 6.92 Å². The fraction of sp³-hybridized carbons (Fsp3) is 0.385. The van der Waals surface area contributed by atoms with Crippen LogP contribution >= 0.6 is 0 Å². The molecule has 5 heteroatoms.